The third-order valence-electron chi connectivity index (χ3n) is 8.16. The molecule has 0 aliphatic heterocycles. The van der Waals surface area contributed by atoms with Crippen LogP contribution in [0.1, 0.15) is 168 Å². The molecule has 0 aromatic carbocycles. The van der Waals surface area contributed by atoms with E-state index >= 15 is 0 Å². The molecule has 0 rings (SSSR count). The second-order valence-corrected chi connectivity index (χ2v) is 12.6. The van der Waals surface area contributed by atoms with Gasteiger partial charge in [0.25, 0.3) is 0 Å². The van der Waals surface area contributed by atoms with Crippen molar-refractivity contribution in [2.45, 2.75) is 180 Å². The molecule has 0 fully saturated rings. The maximum Gasteiger partial charge on any atom is 0.220 e. The lowest BCUT2D eigenvalue weighted by atomic mass is 10.1. The highest BCUT2D eigenvalue weighted by Crippen LogP contribution is 2.10. The molecule has 4 nitrogen and oxygen atoms in total. The standard InChI is InChI=1S/C42H73NO3/c1-3-5-7-9-11-13-15-17-18-19-20-21-22-23-24-26-28-30-32-34-36-38-42(46)43-40(39-44)41(45)37-35-33-31-29-27-25-16-14-12-10-8-6-4-2/h18-19,21-22,24,26-27,29-30,32,35,37,40-41,44-45H,3-17,20,23,25,28,31,33-34,36,38-39H2,1-2H3,(H,43,46)/b19-18+,22-21+,26-24+,29-27+,32-30+,37-35+/t40-,41+/m0/s1. The Morgan fingerprint density at radius 2 is 0.913 bits per heavy atom. The fourth-order valence-corrected chi connectivity index (χ4v) is 5.18. The Morgan fingerprint density at radius 3 is 1.41 bits per heavy atom. The number of allylic oxidation sites excluding steroid dienone is 11. The minimum atomic E-state index is -0.886. The van der Waals surface area contributed by atoms with Gasteiger partial charge in [-0.25, -0.2) is 0 Å². The molecule has 0 unspecified atom stereocenters. The molecule has 0 aromatic rings. The van der Waals surface area contributed by atoms with Gasteiger partial charge in [-0.05, 0) is 70.6 Å². The van der Waals surface area contributed by atoms with Gasteiger partial charge >= 0.3 is 0 Å². The first-order valence-electron chi connectivity index (χ1n) is 19.2. The third kappa shape index (κ3) is 33.2. The monoisotopic (exact) mass is 640 g/mol. The van der Waals surface area contributed by atoms with Crippen molar-refractivity contribution < 1.29 is 15.0 Å². The van der Waals surface area contributed by atoms with Crippen molar-refractivity contribution in [1.29, 1.82) is 0 Å². The Kier molecular flexibility index (Phi) is 35.5. The van der Waals surface area contributed by atoms with Crippen molar-refractivity contribution in [2.24, 2.45) is 0 Å². The summed E-state index contributed by atoms with van der Waals surface area (Å²) < 4.78 is 0. The normalized spacial score (nSPS) is 13.9. The van der Waals surface area contributed by atoms with E-state index in [0.29, 0.717) is 6.42 Å². The summed E-state index contributed by atoms with van der Waals surface area (Å²) in [7, 11) is 0. The number of aliphatic hydroxyl groups excluding tert-OH is 2. The molecule has 1 amide bonds. The topological polar surface area (TPSA) is 69.6 Å². The number of nitrogens with one attached hydrogen (secondary N) is 1. The van der Waals surface area contributed by atoms with Crippen LogP contribution in [-0.2, 0) is 4.79 Å². The van der Waals surface area contributed by atoms with Gasteiger partial charge in [0.2, 0.25) is 5.91 Å². The maximum atomic E-state index is 12.3. The van der Waals surface area contributed by atoms with Crippen LogP contribution in [-0.4, -0.2) is 34.9 Å². The van der Waals surface area contributed by atoms with Crippen molar-refractivity contribution in [3.63, 3.8) is 0 Å². The largest absolute Gasteiger partial charge is 0.394 e. The van der Waals surface area contributed by atoms with Gasteiger partial charge < -0.3 is 15.5 Å². The smallest absolute Gasteiger partial charge is 0.220 e. The van der Waals surface area contributed by atoms with Crippen molar-refractivity contribution in [3.05, 3.63) is 72.9 Å². The van der Waals surface area contributed by atoms with Gasteiger partial charge in [0.1, 0.15) is 0 Å². The van der Waals surface area contributed by atoms with Crippen LogP contribution in [0.5, 0.6) is 0 Å². The molecule has 0 spiro atoms. The molecule has 0 aromatic heterocycles. The van der Waals surface area contributed by atoms with Crippen LogP contribution in [0, 0.1) is 0 Å². The fraction of sp³-hybridized carbons (Fsp3) is 0.690. The molecule has 0 bridgehead atoms. The van der Waals surface area contributed by atoms with E-state index in [9.17, 15) is 15.0 Å². The summed E-state index contributed by atoms with van der Waals surface area (Å²) in [5, 5.41) is 22.8. The minimum absolute atomic E-state index is 0.132. The van der Waals surface area contributed by atoms with Crippen molar-refractivity contribution in [3.8, 4) is 0 Å². The number of aliphatic hydroxyl groups is 2. The lowest BCUT2D eigenvalue weighted by molar-refractivity contribution is -0.122. The summed E-state index contributed by atoms with van der Waals surface area (Å²) in [6.45, 7) is 4.24. The zero-order valence-electron chi connectivity index (χ0n) is 30.1. The van der Waals surface area contributed by atoms with Crippen LogP contribution in [0.3, 0.4) is 0 Å². The van der Waals surface area contributed by atoms with Crippen LogP contribution in [0.15, 0.2) is 72.9 Å². The highest BCUT2D eigenvalue weighted by atomic mass is 16.3. The molecular weight excluding hydrogens is 566 g/mol. The lowest BCUT2D eigenvalue weighted by Crippen LogP contribution is -2.45. The van der Waals surface area contributed by atoms with Crippen LogP contribution in [0.25, 0.3) is 0 Å². The predicted octanol–water partition coefficient (Wildman–Crippen LogP) is 11.6. The van der Waals surface area contributed by atoms with Crippen LogP contribution >= 0.6 is 0 Å². The Morgan fingerprint density at radius 1 is 0.522 bits per heavy atom. The Balaban J connectivity index is 3.80. The molecule has 0 heterocycles. The quantitative estimate of drug-likeness (QED) is 0.0494. The zero-order valence-corrected chi connectivity index (χ0v) is 30.1. The Hall–Kier alpha value is -2.17. The Bertz CT molecular complexity index is 823. The molecule has 3 N–H and O–H groups in total. The average Bonchev–Trinajstić information content (AvgIpc) is 3.06. The van der Waals surface area contributed by atoms with Gasteiger partial charge in [0.15, 0.2) is 0 Å². The summed E-state index contributed by atoms with van der Waals surface area (Å²) in [5.41, 5.74) is 0. The first-order valence-corrected chi connectivity index (χ1v) is 19.2. The zero-order chi connectivity index (χ0) is 33.6. The summed E-state index contributed by atoms with van der Waals surface area (Å²) >= 11 is 0. The molecule has 0 aliphatic carbocycles. The molecule has 0 radical (unpaired) electrons. The van der Waals surface area contributed by atoms with Gasteiger partial charge in [-0.1, -0.05) is 164 Å². The Labute approximate surface area is 285 Å². The molecule has 4 heteroatoms. The van der Waals surface area contributed by atoms with Crippen molar-refractivity contribution in [2.75, 3.05) is 6.61 Å². The molecule has 0 saturated heterocycles. The van der Waals surface area contributed by atoms with E-state index in [4.69, 9.17) is 0 Å². The molecule has 0 saturated carbocycles. The highest BCUT2D eigenvalue weighted by molar-refractivity contribution is 5.76. The third-order valence-corrected chi connectivity index (χ3v) is 8.16. The number of amides is 1. The van der Waals surface area contributed by atoms with Crippen molar-refractivity contribution >= 4 is 5.91 Å². The number of hydrogen-bond acceptors (Lipinski definition) is 3. The molecule has 0 aliphatic rings. The lowest BCUT2D eigenvalue weighted by Gasteiger charge is -2.19. The summed E-state index contributed by atoms with van der Waals surface area (Å²) in [4.78, 5) is 12.3. The van der Waals surface area contributed by atoms with Crippen LogP contribution < -0.4 is 5.32 Å². The first-order chi connectivity index (χ1) is 22.7. The SMILES string of the molecule is CCCCCCCCC/C=C/C/C=C/C/C=C/C/C=C/CCCC(=O)N[C@@H](CO)[C@H](O)/C=C/CC/C=C/CCCCCCCCC. The van der Waals surface area contributed by atoms with E-state index in [-0.39, 0.29) is 12.5 Å². The van der Waals surface area contributed by atoms with Gasteiger partial charge in [0, 0.05) is 6.42 Å². The fourth-order valence-electron chi connectivity index (χ4n) is 5.18. The summed E-state index contributed by atoms with van der Waals surface area (Å²) in [5.74, 6) is -0.132. The van der Waals surface area contributed by atoms with Gasteiger partial charge in [-0.2, -0.15) is 0 Å². The maximum absolute atomic E-state index is 12.3. The molecule has 46 heavy (non-hydrogen) atoms. The second-order valence-electron chi connectivity index (χ2n) is 12.6. The number of unbranched alkanes of at least 4 members (excludes halogenated alkanes) is 16. The molecule has 264 valence electrons. The van der Waals surface area contributed by atoms with E-state index in [1.165, 1.54) is 96.3 Å². The van der Waals surface area contributed by atoms with Gasteiger partial charge in [-0.15, -0.1) is 0 Å². The highest BCUT2D eigenvalue weighted by Gasteiger charge is 2.17. The van der Waals surface area contributed by atoms with Crippen LogP contribution in [0.2, 0.25) is 0 Å². The van der Waals surface area contributed by atoms with Crippen molar-refractivity contribution in [1.82, 2.24) is 5.32 Å². The van der Waals surface area contributed by atoms with E-state index < -0.39 is 12.1 Å². The van der Waals surface area contributed by atoms with Crippen LogP contribution in [0.4, 0.5) is 0 Å². The minimum Gasteiger partial charge on any atom is -0.394 e. The summed E-state index contributed by atoms with van der Waals surface area (Å²) in [6.07, 6.45) is 52.8. The number of carbonyl (C=O) groups is 1. The number of rotatable bonds is 33. The van der Waals surface area contributed by atoms with Gasteiger partial charge in [-0.3, -0.25) is 4.79 Å². The van der Waals surface area contributed by atoms with E-state index in [1.807, 2.05) is 6.08 Å². The van der Waals surface area contributed by atoms with E-state index in [1.54, 1.807) is 6.08 Å². The molecule has 2 atom stereocenters. The average molecular weight is 640 g/mol. The number of carbonyl (C=O) groups excluding carboxylic acids is 1. The van der Waals surface area contributed by atoms with Gasteiger partial charge in [0.05, 0.1) is 18.8 Å². The van der Waals surface area contributed by atoms with E-state index in [0.717, 1.165) is 51.4 Å². The predicted molar refractivity (Wildman–Crippen MR) is 202 cm³/mol. The second kappa shape index (κ2) is 37.3. The summed E-state index contributed by atoms with van der Waals surface area (Å²) in [6, 6.07) is -0.669. The molecular formula is C42H73NO3. The first kappa shape index (κ1) is 43.8. The number of hydrogen-bond donors (Lipinski definition) is 3. The van der Waals surface area contributed by atoms with E-state index in [2.05, 4.69) is 79.9 Å².